The maximum absolute atomic E-state index is 9.18. The van der Waals surface area contributed by atoms with E-state index in [2.05, 4.69) is 35.1 Å². The molecule has 4 heteroatoms. The first kappa shape index (κ1) is 12.8. The Balaban J connectivity index is 2.30. The number of aromatic nitrogens is 1. The maximum atomic E-state index is 9.18. The summed E-state index contributed by atoms with van der Waals surface area (Å²) in [6.45, 7) is 6.31. The van der Waals surface area contributed by atoms with E-state index in [9.17, 15) is 5.26 Å². The zero-order chi connectivity index (χ0) is 13.0. The third-order valence-electron chi connectivity index (χ3n) is 3.67. The Hall–Kier alpha value is -1.60. The van der Waals surface area contributed by atoms with Gasteiger partial charge in [0.1, 0.15) is 6.07 Å². The molecule has 2 atom stereocenters. The lowest BCUT2D eigenvalue weighted by molar-refractivity contribution is 0.378. The zero-order valence-electron chi connectivity index (χ0n) is 11.1. The molecule has 1 aliphatic heterocycles. The summed E-state index contributed by atoms with van der Waals surface area (Å²) in [5.74, 6) is 0. The highest BCUT2D eigenvalue weighted by atomic mass is 15.2. The molecule has 0 aliphatic carbocycles. The first-order valence-corrected chi connectivity index (χ1v) is 6.65. The number of nitrogens with one attached hydrogen (secondary N) is 1. The minimum Gasteiger partial charge on any atom is -0.363 e. The van der Waals surface area contributed by atoms with Crippen molar-refractivity contribution in [2.24, 2.45) is 0 Å². The van der Waals surface area contributed by atoms with Gasteiger partial charge in [0.2, 0.25) is 0 Å². The Morgan fingerprint density at radius 2 is 2.33 bits per heavy atom. The van der Waals surface area contributed by atoms with Crippen molar-refractivity contribution in [2.45, 2.75) is 38.8 Å². The van der Waals surface area contributed by atoms with Gasteiger partial charge >= 0.3 is 0 Å². The summed E-state index contributed by atoms with van der Waals surface area (Å²) >= 11 is 0. The second-order valence-corrected chi connectivity index (χ2v) is 4.71. The zero-order valence-corrected chi connectivity index (χ0v) is 11.1. The van der Waals surface area contributed by atoms with Gasteiger partial charge in [-0.3, -0.25) is 0 Å². The predicted octanol–water partition coefficient (Wildman–Crippen LogP) is 1.92. The summed E-state index contributed by atoms with van der Waals surface area (Å²) in [6, 6.07) is 7.06. The molecular weight excluding hydrogens is 224 g/mol. The number of hydrogen-bond donors (Lipinski definition) is 1. The van der Waals surface area contributed by atoms with Gasteiger partial charge < -0.3 is 10.2 Å². The molecule has 1 saturated heterocycles. The van der Waals surface area contributed by atoms with Crippen LogP contribution in [0, 0.1) is 11.3 Å². The molecule has 1 aromatic rings. The highest BCUT2D eigenvalue weighted by Crippen LogP contribution is 2.24. The van der Waals surface area contributed by atoms with Crippen molar-refractivity contribution in [3.05, 3.63) is 24.0 Å². The van der Waals surface area contributed by atoms with Gasteiger partial charge in [0, 0.05) is 31.4 Å². The molecule has 96 valence electrons. The fourth-order valence-corrected chi connectivity index (χ4v) is 2.51. The maximum Gasteiger partial charge on any atom is 0.163 e. The van der Waals surface area contributed by atoms with Gasteiger partial charge in [-0.25, -0.2) is 4.98 Å². The van der Waals surface area contributed by atoms with E-state index in [1.165, 1.54) is 0 Å². The number of anilines is 1. The molecule has 1 aromatic heterocycles. The van der Waals surface area contributed by atoms with E-state index in [4.69, 9.17) is 0 Å². The third kappa shape index (κ3) is 2.46. The predicted molar refractivity (Wildman–Crippen MR) is 72.5 cm³/mol. The summed E-state index contributed by atoms with van der Waals surface area (Å²) in [5.41, 5.74) is 1.51. The van der Waals surface area contributed by atoms with Gasteiger partial charge in [0.05, 0.1) is 5.69 Å². The molecule has 4 nitrogen and oxygen atoms in total. The van der Waals surface area contributed by atoms with Crippen molar-refractivity contribution in [1.82, 2.24) is 10.3 Å². The topological polar surface area (TPSA) is 52.0 Å². The van der Waals surface area contributed by atoms with Gasteiger partial charge in [-0.1, -0.05) is 13.8 Å². The van der Waals surface area contributed by atoms with Crippen molar-refractivity contribution in [3.63, 3.8) is 0 Å². The smallest absolute Gasteiger partial charge is 0.163 e. The van der Waals surface area contributed by atoms with Crippen LogP contribution in [-0.4, -0.2) is 30.2 Å². The molecule has 0 radical (unpaired) electrons. The van der Waals surface area contributed by atoms with E-state index in [1.54, 1.807) is 6.20 Å². The van der Waals surface area contributed by atoms with Crippen molar-refractivity contribution < 1.29 is 0 Å². The fourth-order valence-electron chi connectivity index (χ4n) is 2.51. The summed E-state index contributed by atoms with van der Waals surface area (Å²) in [6.07, 6.45) is 3.86. The van der Waals surface area contributed by atoms with E-state index in [1.807, 2.05) is 12.1 Å². The minimum absolute atomic E-state index is 0.448. The van der Waals surface area contributed by atoms with Gasteiger partial charge in [0.25, 0.3) is 0 Å². The summed E-state index contributed by atoms with van der Waals surface area (Å²) in [5, 5.41) is 12.7. The van der Waals surface area contributed by atoms with Crippen LogP contribution in [0.25, 0.3) is 0 Å². The highest BCUT2D eigenvalue weighted by Gasteiger charge is 2.27. The number of nitriles is 1. The lowest BCUT2D eigenvalue weighted by Gasteiger charge is -2.41. The molecule has 18 heavy (non-hydrogen) atoms. The van der Waals surface area contributed by atoms with Crippen LogP contribution in [0.1, 0.15) is 32.4 Å². The van der Waals surface area contributed by atoms with Crippen molar-refractivity contribution in [1.29, 1.82) is 5.26 Å². The first-order chi connectivity index (χ1) is 8.80. The van der Waals surface area contributed by atoms with Gasteiger partial charge in [-0.15, -0.1) is 0 Å². The Bertz CT molecular complexity index is 438. The second-order valence-electron chi connectivity index (χ2n) is 4.71. The molecule has 0 aromatic carbocycles. The SMILES string of the molecule is CCC1CN(c2cccnc2C#N)C(CC)CN1. The quantitative estimate of drug-likeness (QED) is 0.882. The monoisotopic (exact) mass is 244 g/mol. The first-order valence-electron chi connectivity index (χ1n) is 6.65. The van der Waals surface area contributed by atoms with Crippen LogP contribution < -0.4 is 10.2 Å². The Kier molecular flexibility index (Phi) is 4.16. The summed E-state index contributed by atoms with van der Waals surface area (Å²) in [4.78, 5) is 6.51. The normalized spacial score (nSPS) is 23.7. The minimum atomic E-state index is 0.448. The Morgan fingerprint density at radius 1 is 1.50 bits per heavy atom. The number of hydrogen-bond acceptors (Lipinski definition) is 4. The van der Waals surface area contributed by atoms with Crippen molar-refractivity contribution in [2.75, 3.05) is 18.0 Å². The molecule has 0 amide bonds. The van der Waals surface area contributed by atoms with Crippen LogP contribution in [-0.2, 0) is 0 Å². The largest absolute Gasteiger partial charge is 0.363 e. The molecule has 2 heterocycles. The standard InChI is InChI=1S/C14H20N4/c1-3-11-10-18(12(4-2)9-17-11)14-6-5-7-16-13(14)8-15/h5-7,11-12,17H,3-4,9-10H2,1-2H3. The van der Waals surface area contributed by atoms with Gasteiger partial charge in [0.15, 0.2) is 5.69 Å². The van der Waals surface area contributed by atoms with Crippen LogP contribution in [0.3, 0.4) is 0 Å². The van der Waals surface area contributed by atoms with Crippen LogP contribution in [0.4, 0.5) is 5.69 Å². The van der Waals surface area contributed by atoms with E-state index < -0.39 is 0 Å². The second kappa shape index (κ2) is 5.83. The molecule has 1 N–H and O–H groups in total. The van der Waals surface area contributed by atoms with Crippen molar-refractivity contribution >= 4 is 5.69 Å². The lowest BCUT2D eigenvalue weighted by atomic mass is 10.0. The van der Waals surface area contributed by atoms with E-state index >= 15 is 0 Å². The third-order valence-corrected chi connectivity index (χ3v) is 3.67. The average Bonchev–Trinajstić information content (AvgIpc) is 2.46. The van der Waals surface area contributed by atoms with Gasteiger partial charge in [-0.05, 0) is 25.0 Å². The Morgan fingerprint density at radius 3 is 3.00 bits per heavy atom. The molecule has 0 saturated carbocycles. The summed E-state index contributed by atoms with van der Waals surface area (Å²) in [7, 11) is 0. The highest BCUT2D eigenvalue weighted by molar-refractivity contribution is 5.57. The molecular formula is C14H20N4. The molecule has 2 unspecified atom stereocenters. The van der Waals surface area contributed by atoms with E-state index in [0.717, 1.165) is 31.6 Å². The molecule has 0 bridgehead atoms. The van der Waals surface area contributed by atoms with Crippen LogP contribution in [0.15, 0.2) is 18.3 Å². The molecule has 2 rings (SSSR count). The van der Waals surface area contributed by atoms with Gasteiger partial charge in [-0.2, -0.15) is 5.26 Å². The molecule has 1 fully saturated rings. The number of nitrogens with zero attached hydrogens (tertiary/aromatic N) is 3. The van der Waals surface area contributed by atoms with E-state index in [0.29, 0.717) is 17.8 Å². The molecule has 1 aliphatic rings. The number of piperazine rings is 1. The average molecular weight is 244 g/mol. The lowest BCUT2D eigenvalue weighted by Crippen LogP contribution is -2.56. The van der Waals surface area contributed by atoms with Crippen molar-refractivity contribution in [3.8, 4) is 6.07 Å². The summed E-state index contributed by atoms with van der Waals surface area (Å²) < 4.78 is 0. The Labute approximate surface area is 109 Å². The van der Waals surface area contributed by atoms with Crippen LogP contribution >= 0.6 is 0 Å². The number of pyridine rings is 1. The number of rotatable bonds is 3. The molecule has 0 spiro atoms. The van der Waals surface area contributed by atoms with Crippen LogP contribution in [0.5, 0.6) is 0 Å². The van der Waals surface area contributed by atoms with E-state index in [-0.39, 0.29) is 0 Å². The van der Waals surface area contributed by atoms with Crippen LogP contribution in [0.2, 0.25) is 0 Å². The fraction of sp³-hybridized carbons (Fsp3) is 0.571.